The van der Waals surface area contributed by atoms with Crippen LogP contribution in [0, 0.1) is 4.77 Å². The van der Waals surface area contributed by atoms with Crippen LogP contribution in [0.2, 0.25) is 0 Å². The Morgan fingerprint density at radius 2 is 1.88 bits per heavy atom. The molecule has 4 rings (SSSR count). The molecule has 0 spiro atoms. The van der Waals surface area contributed by atoms with E-state index in [4.69, 9.17) is 17.0 Å². The average molecular weight is 473 g/mol. The van der Waals surface area contributed by atoms with Gasteiger partial charge in [-0.05, 0) is 75.6 Å². The maximum Gasteiger partial charge on any atom is 0.262 e. The van der Waals surface area contributed by atoms with Gasteiger partial charge in [-0.15, -0.1) is 0 Å². The first kappa shape index (κ1) is 24.1. The van der Waals surface area contributed by atoms with Crippen LogP contribution in [0.5, 0.6) is 0 Å². The molecule has 2 aliphatic rings. The second-order valence-electron chi connectivity index (χ2n) is 9.51. The minimum atomic E-state index is -0.136. The highest BCUT2D eigenvalue weighted by Crippen LogP contribution is 2.35. The summed E-state index contributed by atoms with van der Waals surface area (Å²) in [6, 6.07) is 5.21. The molecule has 1 aromatic heterocycles. The maximum absolute atomic E-state index is 13.1. The maximum atomic E-state index is 13.1. The molecular weight excluding hydrogens is 436 g/mol. The second-order valence-corrected chi connectivity index (χ2v) is 9.90. The number of methoxy groups -OCH3 is 1. The van der Waals surface area contributed by atoms with Crippen molar-refractivity contribution in [3.05, 3.63) is 38.9 Å². The van der Waals surface area contributed by atoms with Gasteiger partial charge in [0.15, 0.2) is 4.77 Å². The summed E-state index contributed by atoms with van der Waals surface area (Å²) in [6.45, 7) is 4.02. The van der Waals surface area contributed by atoms with Crippen molar-refractivity contribution in [3.63, 3.8) is 0 Å². The number of piperidine rings is 1. The molecule has 1 aromatic carbocycles. The number of carbonyl (C=O) groups is 1. The number of nitrogens with zero attached hydrogens (tertiary/aromatic N) is 2. The number of ether oxygens (including phenoxy) is 1. The van der Waals surface area contributed by atoms with Crippen molar-refractivity contribution in [3.8, 4) is 0 Å². The molecule has 8 heteroatoms. The fourth-order valence-corrected chi connectivity index (χ4v) is 5.78. The van der Waals surface area contributed by atoms with E-state index in [1.165, 1.54) is 38.5 Å². The number of nitrogens with one attached hydrogen (secondary N) is 2. The molecule has 2 N–H and O–H groups in total. The predicted octanol–water partition coefficient (Wildman–Crippen LogP) is 4.01. The van der Waals surface area contributed by atoms with Gasteiger partial charge in [-0.3, -0.25) is 19.1 Å². The highest BCUT2D eigenvalue weighted by Gasteiger charge is 2.38. The molecule has 7 nitrogen and oxygen atoms in total. The molecule has 1 aliphatic heterocycles. The Hall–Kier alpha value is -2.03. The van der Waals surface area contributed by atoms with E-state index in [2.05, 4.69) is 15.2 Å². The van der Waals surface area contributed by atoms with Crippen LogP contribution in [0.1, 0.15) is 68.1 Å². The van der Waals surface area contributed by atoms with E-state index in [0.29, 0.717) is 47.4 Å². The Labute approximate surface area is 200 Å². The van der Waals surface area contributed by atoms with E-state index in [1.807, 2.05) is 0 Å². The molecule has 0 unspecified atom stereocenters. The summed E-state index contributed by atoms with van der Waals surface area (Å²) in [4.78, 5) is 31.8. The molecule has 180 valence electrons. The fraction of sp³-hybridized carbons (Fsp3) is 0.640. The number of aromatic amines is 1. The zero-order valence-corrected chi connectivity index (χ0v) is 20.5. The van der Waals surface area contributed by atoms with E-state index in [9.17, 15) is 9.59 Å². The Balaban J connectivity index is 1.51. The first-order valence-corrected chi connectivity index (χ1v) is 12.7. The van der Waals surface area contributed by atoms with Crippen molar-refractivity contribution in [2.45, 2.75) is 69.9 Å². The summed E-state index contributed by atoms with van der Waals surface area (Å²) in [7, 11) is 1.64. The van der Waals surface area contributed by atoms with Gasteiger partial charge in [0.25, 0.3) is 11.5 Å². The van der Waals surface area contributed by atoms with E-state index < -0.39 is 0 Å². The zero-order valence-electron chi connectivity index (χ0n) is 19.7. The Morgan fingerprint density at radius 1 is 1.15 bits per heavy atom. The molecule has 0 atom stereocenters. The van der Waals surface area contributed by atoms with Gasteiger partial charge in [0.1, 0.15) is 0 Å². The Bertz CT molecular complexity index is 1080. The number of aromatic nitrogens is 2. The number of carbonyl (C=O) groups excluding carboxylic acids is 1. The lowest BCUT2D eigenvalue weighted by molar-refractivity contribution is 0.0326. The van der Waals surface area contributed by atoms with Crippen molar-refractivity contribution in [2.75, 3.05) is 33.4 Å². The number of H-pyrrole nitrogens is 1. The highest BCUT2D eigenvalue weighted by molar-refractivity contribution is 7.71. The lowest BCUT2D eigenvalue weighted by Gasteiger charge is -2.48. The van der Waals surface area contributed by atoms with Crippen LogP contribution in [0.15, 0.2) is 23.0 Å². The smallest absolute Gasteiger partial charge is 0.262 e. The average Bonchev–Trinajstić information content (AvgIpc) is 2.85. The first-order chi connectivity index (χ1) is 16.0. The van der Waals surface area contributed by atoms with Crippen LogP contribution in [0.25, 0.3) is 10.9 Å². The van der Waals surface area contributed by atoms with E-state index >= 15 is 0 Å². The van der Waals surface area contributed by atoms with Crippen LogP contribution in [0.3, 0.4) is 0 Å². The van der Waals surface area contributed by atoms with E-state index in [-0.39, 0.29) is 17.0 Å². The topological polar surface area (TPSA) is 79.4 Å². The van der Waals surface area contributed by atoms with Crippen molar-refractivity contribution >= 4 is 29.0 Å². The Morgan fingerprint density at radius 3 is 2.61 bits per heavy atom. The van der Waals surface area contributed by atoms with Crippen molar-refractivity contribution in [2.24, 2.45) is 0 Å². The monoisotopic (exact) mass is 472 g/mol. The van der Waals surface area contributed by atoms with Crippen LogP contribution in [-0.2, 0) is 11.3 Å². The predicted molar refractivity (Wildman–Crippen MR) is 133 cm³/mol. The van der Waals surface area contributed by atoms with Gasteiger partial charge in [0, 0.05) is 37.9 Å². The van der Waals surface area contributed by atoms with Gasteiger partial charge in [-0.1, -0.05) is 25.7 Å². The molecule has 33 heavy (non-hydrogen) atoms. The standard InChI is InChI=1S/C25H36N4O3S/c1-32-16-8-15-29-23(31)20-10-9-19(17-21(20)27-24(29)33)22(30)26-18-25(11-4-2-5-12-25)28-13-6-3-7-14-28/h9-10,17H,2-8,11-16,18H2,1H3,(H,26,30)(H,27,33). The highest BCUT2D eigenvalue weighted by atomic mass is 32.1. The minimum absolute atomic E-state index is 0.0843. The number of hydrogen-bond acceptors (Lipinski definition) is 5. The van der Waals surface area contributed by atoms with Crippen molar-refractivity contribution in [1.29, 1.82) is 0 Å². The third kappa shape index (κ3) is 5.39. The number of benzene rings is 1. The van der Waals surface area contributed by atoms with Gasteiger partial charge in [-0.25, -0.2) is 0 Å². The van der Waals surface area contributed by atoms with E-state index in [0.717, 1.165) is 25.9 Å². The molecular formula is C25H36N4O3S. The molecule has 1 saturated heterocycles. The summed E-state index contributed by atoms with van der Waals surface area (Å²) in [5, 5.41) is 3.77. The van der Waals surface area contributed by atoms with Crippen molar-refractivity contribution in [1.82, 2.24) is 19.8 Å². The molecule has 1 aliphatic carbocycles. The SMILES string of the molecule is COCCCn1c(=S)[nH]c2cc(C(=O)NCC3(N4CCCCC4)CCCCC3)ccc2c1=O. The molecule has 1 saturated carbocycles. The summed E-state index contributed by atoms with van der Waals surface area (Å²) >= 11 is 5.41. The zero-order chi connectivity index (χ0) is 23.3. The molecule has 0 radical (unpaired) electrons. The van der Waals surface area contributed by atoms with Gasteiger partial charge >= 0.3 is 0 Å². The lowest BCUT2D eigenvalue weighted by Crippen LogP contribution is -2.58. The van der Waals surface area contributed by atoms with Crippen LogP contribution >= 0.6 is 12.2 Å². The molecule has 2 heterocycles. The third-order valence-corrected chi connectivity index (χ3v) is 7.69. The van der Waals surface area contributed by atoms with Gasteiger partial charge in [-0.2, -0.15) is 0 Å². The van der Waals surface area contributed by atoms with Gasteiger partial charge in [0.2, 0.25) is 0 Å². The first-order valence-electron chi connectivity index (χ1n) is 12.3. The second kappa shape index (κ2) is 10.9. The number of hydrogen-bond donors (Lipinski definition) is 2. The number of likely N-dealkylation sites (tertiary alicyclic amines) is 1. The normalized spacial score (nSPS) is 18.9. The molecule has 2 fully saturated rings. The number of rotatable bonds is 8. The molecule has 1 amide bonds. The lowest BCUT2D eigenvalue weighted by atomic mass is 9.79. The van der Waals surface area contributed by atoms with Crippen LogP contribution in [0.4, 0.5) is 0 Å². The van der Waals surface area contributed by atoms with Gasteiger partial charge in [0.05, 0.1) is 10.9 Å². The minimum Gasteiger partial charge on any atom is -0.385 e. The Kier molecular flexibility index (Phi) is 7.98. The summed E-state index contributed by atoms with van der Waals surface area (Å²) < 4.78 is 7.00. The van der Waals surface area contributed by atoms with E-state index in [1.54, 1.807) is 29.9 Å². The molecule has 0 bridgehead atoms. The number of fused-ring (bicyclic) bond motifs is 1. The van der Waals surface area contributed by atoms with Crippen LogP contribution < -0.4 is 10.9 Å². The largest absolute Gasteiger partial charge is 0.385 e. The van der Waals surface area contributed by atoms with Gasteiger partial charge < -0.3 is 15.0 Å². The van der Waals surface area contributed by atoms with Crippen molar-refractivity contribution < 1.29 is 9.53 Å². The third-order valence-electron chi connectivity index (χ3n) is 7.36. The molecule has 2 aromatic rings. The van der Waals surface area contributed by atoms with Crippen LogP contribution in [-0.4, -0.2) is 59.2 Å². The summed E-state index contributed by atoms with van der Waals surface area (Å²) in [6.07, 6.45) is 10.6. The quantitative estimate of drug-likeness (QED) is 0.448. The summed E-state index contributed by atoms with van der Waals surface area (Å²) in [5.74, 6) is -0.0950. The summed E-state index contributed by atoms with van der Waals surface area (Å²) in [5.41, 5.74) is 1.10. The fourth-order valence-electron chi connectivity index (χ4n) is 5.50. The number of amides is 1.